The highest BCUT2D eigenvalue weighted by molar-refractivity contribution is 6.30. The second-order valence-corrected chi connectivity index (χ2v) is 7.07. The number of aryl methyl sites for hydroxylation is 1. The molecule has 0 aliphatic heterocycles. The van der Waals surface area contributed by atoms with Crippen LogP contribution in [0.4, 0.5) is 4.79 Å². The first kappa shape index (κ1) is 17.3. The summed E-state index contributed by atoms with van der Waals surface area (Å²) in [6.07, 6.45) is 3.24. The molecule has 2 amide bonds. The van der Waals surface area contributed by atoms with E-state index in [0.29, 0.717) is 23.9 Å². The van der Waals surface area contributed by atoms with Crippen molar-refractivity contribution < 1.29 is 4.79 Å². The summed E-state index contributed by atoms with van der Waals surface area (Å²) in [5.41, 5.74) is 1.77. The van der Waals surface area contributed by atoms with Crippen molar-refractivity contribution in [2.75, 3.05) is 6.54 Å². The molecule has 7 heteroatoms. The van der Waals surface area contributed by atoms with Crippen molar-refractivity contribution in [2.24, 2.45) is 5.41 Å². The standard InChI is InChI=1S/C16H22ClN5O/c1-11-5-6-12(7-18-15(23)19-10-16(2,3)4)14(21-11)22-9-13(17)8-20-22/h5-6,8-9H,7,10H2,1-4H3,(H2,18,19,23). The Hall–Kier alpha value is -2.08. The average Bonchev–Trinajstić information content (AvgIpc) is 2.89. The largest absolute Gasteiger partial charge is 0.338 e. The van der Waals surface area contributed by atoms with Crippen LogP contribution in [0, 0.1) is 12.3 Å². The van der Waals surface area contributed by atoms with Crippen molar-refractivity contribution in [3.05, 3.63) is 40.8 Å². The molecule has 0 atom stereocenters. The summed E-state index contributed by atoms with van der Waals surface area (Å²) in [5, 5.41) is 10.4. The SMILES string of the molecule is Cc1ccc(CNC(=O)NCC(C)(C)C)c(-n2cc(Cl)cn2)n1. The highest BCUT2D eigenvalue weighted by atomic mass is 35.5. The number of rotatable bonds is 4. The zero-order valence-electron chi connectivity index (χ0n) is 13.9. The number of carbonyl (C=O) groups excluding carboxylic acids is 1. The molecule has 0 bridgehead atoms. The molecule has 0 aliphatic carbocycles. The molecule has 2 aromatic heterocycles. The molecular formula is C16H22ClN5O. The molecule has 6 nitrogen and oxygen atoms in total. The predicted octanol–water partition coefficient (Wildman–Crippen LogP) is 3.07. The third kappa shape index (κ3) is 5.25. The van der Waals surface area contributed by atoms with Crippen LogP contribution < -0.4 is 10.6 Å². The van der Waals surface area contributed by atoms with Crippen LogP contribution in [0.2, 0.25) is 5.02 Å². The van der Waals surface area contributed by atoms with E-state index in [2.05, 4.69) is 41.5 Å². The van der Waals surface area contributed by atoms with Crippen molar-refractivity contribution >= 4 is 17.6 Å². The topological polar surface area (TPSA) is 71.8 Å². The van der Waals surface area contributed by atoms with Gasteiger partial charge in [0, 0.05) is 24.3 Å². The van der Waals surface area contributed by atoms with Gasteiger partial charge in [-0.2, -0.15) is 5.10 Å². The Kier molecular flexibility index (Phi) is 5.26. The van der Waals surface area contributed by atoms with E-state index in [1.54, 1.807) is 17.1 Å². The Bertz CT molecular complexity index is 690. The number of nitrogens with zero attached hydrogens (tertiary/aromatic N) is 3. The van der Waals surface area contributed by atoms with Gasteiger partial charge in [-0.1, -0.05) is 38.4 Å². The van der Waals surface area contributed by atoms with Gasteiger partial charge in [-0.25, -0.2) is 14.5 Å². The van der Waals surface area contributed by atoms with Crippen LogP contribution in [0.3, 0.4) is 0 Å². The van der Waals surface area contributed by atoms with Crippen LogP contribution in [0.1, 0.15) is 32.0 Å². The minimum atomic E-state index is -0.204. The Morgan fingerprint density at radius 3 is 2.65 bits per heavy atom. The lowest BCUT2D eigenvalue weighted by atomic mass is 9.97. The lowest BCUT2D eigenvalue weighted by molar-refractivity contribution is 0.235. The van der Waals surface area contributed by atoms with Crippen LogP contribution >= 0.6 is 11.6 Å². The Labute approximate surface area is 141 Å². The molecule has 0 aliphatic rings. The van der Waals surface area contributed by atoms with Gasteiger partial charge in [0.15, 0.2) is 5.82 Å². The van der Waals surface area contributed by atoms with Gasteiger partial charge in [-0.15, -0.1) is 0 Å². The third-order valence-electron chi connectivity index (χ3n) is 3.08. The first-order chi connectivity index (χ1) is 10.7. The zero-order chi connectivity index (χ0) is 17.0. The maximum Gasteiger partial charge on any atom is 0.315 e. The second kappa shape index (κ2) is 7.00. The molecule has 124 valence electrons. The molecule has 0 saturated carbocycles. The predicted molar refractivity (Wildman–Crippen MR) is 90.8 cm³/mol. The van der Waals surface area contributed by atoms with Crippen LogP contribution in [0.5, 0.6) is 0 Å². The number of pyridine rings is 1. The first-order valence-corrected chi connectivity index (χ1v) is 7.81. The van der Waals surface area contributed by atoms with Gasteiger partial charge in [0.1, 0.15) is 0 Å². The van der Waals surface area contributed by atoms with Crippen molar-refractivity contribution in [1.82, 2.24) is 25.4 Å². The van der Waals surface area contributed by atoms with E-state index in [1.165, 1.54) is 0 Å². The van der Waals surface area contributed by atoms with E-state index in [9.17, 15) is 4.79 Å². The first-order valence-electron chi connectivity index (χ1n) is 7.43. The van der Waals surface area contributed by atoms with Crippen LogP contribution in [0.15, 0.2) is 24.5 Å². The maximum atomic E-state index is 11.9. The minimum absolute atomic E-state index is 0.0414. The number of amides is 2. The Morgan fingerprint density at radius 2 is 2.04 bits per heavy atom. The summed E-state index contributed by atoms with van der Waals surface area (Å²) in [4.78, 5) is 16.4. The third-order valence-corrected chi connectivity index (χ3v) is 3.28. The van der Waals surface area contributed by atoms with Gasteiger partial charge in [0.05, 0.1) is 17.4 Å². The van der Waals surface area contributed by atoms with Gasteiger partial charge in [-0.05, 0) is 18.4 Å². The number of hydrogen-bond donors (Lipinski definition) is 2. The number of hydrogen-bond acceptors (Lipinski definition) is 3. The summed E-state index contributed by atoms with van der Waals surface area (Å²) in [6.45, 7) is 9.06. The number of carbonyl (C=O) groups is 1. The molecule has 0 unspecified atom stereocenters. The zero-order valence-corrected chi connectivity index (χ0v) is 14.6. The highest BCUT2D eigenvalue weighted by Crippen LogP contribution is 2.15. The van der Waals surface area contributed by atoms with Crippen LogP contribution in [0.25, 0.3) is 5.82 Å². The van der Waals surface area contributed by atoms with Gasteiger partial charge in [-0.3, -0.25) is 0 Å². The molecule has 2 aromatic rings. The number of urea groups is 1. The summed E-state index contributed by atoms with van der Waals surface area (Å²) in [6, 6.07) is 3.63. The van der Waals surface area contributed by atoms with Gasteiger partial charge in [0.25, 0.3) is 0 Å². The van der Waals surface area contributed by atoms with E-state index in [0.717, 1.165) is 11.3 Å². The summed E-state index contributed by atoms with van der Waals surface area (Å²) in [7, 11) is 0. The van der Waals surface area contributed by atoms with Crippen LogP contribution in [-0.2, 0) is 6.54 Å². The summed E-state index contributed by atoms with van der Waals surface area (Å²) >= 11 is 5.92. The second-order valence-electron chi connectivity index (χ2n) is 6.64. The summed E-state index contributed by atoms with van der Waals surface area (Å²) in [5.74, 6) is 0.660. The molecule has 0 spiro atoms. The molecule has 0 aromatic carbocycles. The fourth-order valence-electron chi connectivity index (χ4n) is 1.91. The van der Waals surface area contributed by atoms with Gasteiger partial charge in [0.2, 0.25) is 0 Å². The number of nitrogens with one attached hydrogen (secondary N) is 2. The Balaban J connectivity index is 2.07. The Morgan fingerprint density at radius 1 is 1.30 bits per heavy atom. The average molecular weight is 336 g/mol. The fourth-order valence-corrected chi connectivity index (χ4v) is 2.04. The molecule has 0 saturated heterocycles. The normalized spacial score (nSPS) is 11.3. The monoisotopic (exact) mass is 335 g/mol. The molecule has 2 rings (SSSR count). The lowest BCUT2D eigenvalue weighted by Gasteiger charge is -2.19. The van der Waals surface area contributed by atoms with E-state index in [-0.39, 0.29) is 11.4 Å². The van der Waals surface area contributed by atoms with Gasteiger partial charge < -0.3 is 10.6 Å². The fraction of sp³-hybridized carbons (Fsp3) is 0.438. The smallest absolute Gasteiger partial charge is 0.315 e. The highest BCUT2D eigenvalue weighted by Gasteiger charge is 2.13. The van der Waals surface area contributed by atoms with Crippen molar-refractivity contribution in [2.45, 2.75) is 34.2 Å². The molecule has 2 N–H and O–H groups in total. The number of halogens is 1. The molecule has 2 heterocycles. The van der Waals surface area contributed by atoms with E-state index < -0.39 is 0 Å². The van der Waals surface area contributed by atoms with E-state index >= 15 is 0 Å². The maximum absolute atomic E-state index is 11.9. The summed E-state index contributed by atoms with van der Waals surface area (Å²) < 4.78 is 1.61. The molecular weight excluding hydrogens is 314 g/mol. The quantitative estimate of drug-likeness (QED) is 0.902. The van der Waals surface area contributed by atoms with Crippen molar-refractivity contribution in [1.29, 1.82) is 0 Å². The van der Waals surface area contributed by atoms with Crippen molar-refractivity contribution in [3.8, 4) is 5.82 Å². The van der Waals surface area contributed by atoms with Gasteiger partial charge >= 0.3 is 6.03 Å². The lowest BCUT2D eigenvalue weighted by Crippen LogP contribution is -2.39. The minimum Gasteiger partial charge on any atom is -0.338 e. The van der Waals surface area contributed by atoms with Crippen LogP contribution in [-0.4, -0.2) is 27.3 Å². The molecule has 0 fully saturated rings. The van der Waals surface area contributed by atoms with E-state index in [1.807, 2.05) is 19.1 Å². The number of aromatic nitrogens is 3. The van der Waals surface area contributed by atoms with E-state index in [4.69, 9.17) is 11.6 Å². The molecule has 23 heavy (non-hydrogen) atoms. The van der Waals surface area contributed by atoms with Crippen molar-refractivity contribution in [3.63, 3.8) is 0 Å². The molecule has 0 radical (unpaired) electrons.